The fourth-order valence-electron chi connectivity index (χ4n) is 2.29. The van der Waals surface area contributed by atoms with E-state index in [1.54, 1.807) is 12.1 Å². The maximum Gasteiger partial charge on any atom is 0.442 e. The largest absolute Gasteiger partial charge is 0.442 e. The molecule has 1 N–H and O–H groups in total. The highest BCUT2D eigenvalue weighted by Gasteiger charge is 2.65. The molecule has 1 saturated heterocycles. The zero-order valence-electron chi connectivity index (χ0n) is 10.1. The maximum absolute atomic E-state index is 12.9. The molecule has 4 nitrogen and oxygen atoms in total. The van der Waals surface area contributed by atoms with Gasteiger partial charge in [-0.15, -0.1) is 10.2 Å². The summed E-state index contributed by atoms with van der Waals surface area (Å²) in [7, 11) is 0. The quantitative estimate of drug-likeness (QED) is 0.895. The molecule has 102 valence electrons. The summed E-state index contributed by atoms with van der Waals surface area (Å²) < 4.78 is 38.8. The van der Waals surface area contributed by atoms with E-state index < -0.39 is 11.8 Å². The van der Waals surface area contributed by atoms with Gasteiger partial charge in [0.1, 0.15) is 0 Å². The van der Waals surface area contributed by atoms with Gasteiger partial charge in [-0.2, -0.15) is 13.2 Å². The van der Waals surface area contributed by atoms with E-state index in [1.165, 1.54) is 6.07 Å². The van der Waals surface area contributed by atoms with Gasteiger partial charge in [0.25, 0.3) is 0 Å². The zero-order chi connectivity index (χ0) is 13.5. The minimum absolute atomic E-state index is 0.0935. The number of benzene rings is 1. The number of alkyl halides is 3. The lowest BCUT2D eigenvalue weighted by molar-refractivity contribution is -0.166. The number of halogens is 3. The molecule has 0 radical (unpaired) electrons. The number of hydrogen-bond donors (Lipinski definition) is 1. The van der Waals surface area contributed by atoms with Crippen molar-refractivity contribution in [2.24, 2.45) is 10.2 Å². The smallest absolute Gasteiger partial charge is 0.369 e. The van der Waals surface area contributed by atoms with Crippen LogP contribution in [-0.2, 0) is 5.66 Å². The molecule has 2 heterocycles. The van der Waals surface area contributed by atoms with Gasteiger partial charge in [-0.1, -0.05) is 12.1 Å². The van der Waals surface area contributed by atoms with Gasteiger partial charge in [-0.05, 0) is 12.1 Å². The van der Waals surface area contributed by atoms with Crippen LogP contribution in [0, 0.1) is 0 Å². The van der Waals surface area contributed by atoms with E-state index >= 15 is 0 Å². The lowest BCUT2D eigenvalue weighted by Gasteiger charge is -2.30. The second kappa shape index (κ2) is 4.19. The van der Waals surface area contributed by atoms with Crippen molar-refractivity contribution >= 4 is 5.69 Å². The number of rotatable bonds is 2. The van der Waals surface area contributed by atoms with E-state index in [9.17, 15) is 13.2 Å². The Balaban J connectivity index is 1.88. The first-order valence-corrected chi connectivity index (χ1v) is 6.10. The fraction of sp³-hybridized carbons (Fsp3) is 0.500. The molecular formula is C12H13F3N4. The molecule has 1 aromatic rings. The van der Waals surface area contributed by atoms with Crippen molar-refractivity contribution in [2.45, 2.75) is 11.8 Å². The second-order valence-corrected chi connectivity index (χ2v) is 4.66. The van der Waals surface area contributed by atoms with E-state index in [0.29, 0.717) is 0 Å². The summed E-state index contributed by atoms with van der Waals surface area (Å²) in [6, 6.07) is 6.42. The topological polar surface area (TPSA) is 40.0 Å². The number of nitrogens with one attached hydrogen (secondary N) is 1. The molecule has 0 aromatic heterocycles. The van der Waals surface area contributed by atoms with Crippen LogP contribution in [0.1, 0.15) is 5.56 Å². The van der Waals surface area contributed by atoms with E-state index in [1.807, 2.05) is 6.07 Å². The average Bonchev–Trinajstić information content (AvgIpc) is 3.21. The Labute approximate surface area is 108 Å². The molecule has 7 heteroatoms. The summed E-state index contributed by atoms with van der Waals surface area (Å²) in [6.07, 6.45) is -4.46. The van der Waals surface area contributed by atoms with Gasteiger partial charge in [-0.25, -0.2) is 0 Å². The summed E-state index contributed by atoms with van der Waals surface area (Å²) in [6.45, 7) is 3.25. The monoisotopic (exact) mass is 270 g/mol. The number of piperazine rings is 1. The highest BCUT2D eigenvalue weighted by atomic mass is 19.4. The van der Waals surface area contributed by atoms with Gasteiger partial charge in [0, 0.05) is 37.4 Å². The van der Waals surface area contributed by atoms with Gasteiger partial charge in [-0.3, -0.25) is 0 Å². The SMILES string of the molecule is FC(F)(F)C1(c2cccc(N3CCNCC3)c2)N=N1. The highest BCUT2D eigenvalue weighted by molar-refractivity contribution is 5.51. The Kier molecular flexibility index (Phi) is 2.74. The first-order valence-electron chi connectivity index (χ1n) is 6.10. The molecule has 0 atom stereocenters. The maximum atomic E-state index is 12.9. The molecule has 1 fully saturated rings. The lowest BCUT2D eigenvalue weighted by Crippen LogP contribution is -2.43. The number of anilines is 1. The fourth-order valence-corrected chi connectivity index (χ4v) is 2.29. The average molecular weight is 270 g/mol. The van der Waals surface area contributed by atoms with Crippen molar-refractivity contribution < 1.29 is 13.2 Å². The van der Waals surface area contributed by atoms with Crippen LogP contribution < -0.4 is 10.2 Å². The van der Waals surface area contributed by atoms with Crippen molar-refractivity contribution in [3.8, 4) is 0 Å². The number of hydrogen-bond acceptors (Lipinski definition) is 4. The molecule has 0 saturated carbocycles. The molecule has 0 amide bonds. The Hall–Kier alpha value is -1.63. The van der Waals surface area contributed by atoms with Crippen molar-refractivity contribution in [3.05, 3.63) is 29.8 Å². The van der Waals surface area contributed by atoms with Crippen molar-refractivity contribution in [1.82, 2.24) is 5.32 Å². The van der Waals surface area contributed by atoms with Crippen molar-refractivity contribution in [3.63, 3.8) is 0 Å². The van der Waals surface area contributed by atoms with Gasteiger partial charge >= 0.3 is 11.8 Å². The van der Waals surface area contributed by atoms with Gasteiger partial charge in [0.05, 0.1) is 0 Å². The van der Waals surface area contributed by atoms with E-state index in [-0.39, 0.29) is 5.56 Å². The molecule has 0 aliphatic carbocycles. The first-order chi connectivity index (χ1) is 9.03. The molecule has 2 aliphatic heterocycles. The molecule has 0 unspecified atom stereocenters. The van der Waals surface area contributed by atoms with E-state index in [0.717, 1.165) is 31.9 Å². The highest BCUT2D eigenvalue weighted by Crippen LogP contribution is 2.52. The Bertz CT molecular complexity index is 500. The van der Waals surface area contributed by atoms with Crippen LogP contribution in [-0.4, -0.2) is 32.4 Å². The summed E-state index contributed by atoms with van der Waals surface area (Å²) in [4.78, 5) is 2.06. The molecule has 0 spiro atoms. The first kappa shape index (κ1) is 12.4. The standard InChI is InChI=1S/C12H13F3N4/c13-12(14,15)11(17-18-11)9-2-1-3-10(8-9)19-6-4-16-5-7-19/h1-3,8,16H,4-7H2. The van der Waals surface area contributed by atoms with Crippen LogP contribution >= 0.6 is 0 Å². The van der Waals surface area contributed by atoms with E-state index in [4.69, 9.17) is 0 Å². The Morgan fingerprint density at radius 2 is 1.84 bits per heavy atom. The molecule has 2 aliphatic rings. The summed E-state index contributed by atoms with van der Waals surface area (Å²) in [5.41, 5.74) is -1.44. The van der Waals surface area contributed by atoms with Gasteiger partial charge in [0.15, 0.2) is 0 Å². The van der Waals surface area contributed by atoms with Crippen molar-refractivity contribution in [2.75, 3.05) is 31.1 Å². The van der Waals surface area contributed by atoms with Crippen LogP contribution in [0.2, 0.25) is 0 Å². The molecule has 3 rings (SSSR count). The van der Waals surface area contributed by atoms with Gasteiger partial charge in [0.2, 0.25) is 0 Å². The molecule has 19 heavy (non-hydrogen) atoms. The Morgan fingerprint density at radius 3 is 2.42 bits per heavy atom. The van der Waals surface area contributed by atoms with Crippen LogP contribution in [0.15, 0.2) is 34.5 Å². The summed E-state index contributed by atoms with van der Waals surface area (Å²) in [5, 5.41) is 9.67. The normalized spacial score (nSPS) is 21.5. The number of nitrogens with zero attached hydrogens (tertiary/aromatic N) is 3. The zero-order valence-corrected chi connectivity index (χ0v) is 10.1. The lowest BCUT2D eigenvalue weighted by atomic mass is 10.0. The van der Waals surface area contributed by atoms with Crippen LogP contribution in [0.3, 0.4) is 0 Å². The van der Waals surface area contributed by atoms with E-state index in [2.05, 4.69) is 20.4 Å². The second-order valence-electron chi connectivity index (χ2n) is 4.66. The molecule has 0 bridgehead atoms. The minimum atomic E-state index is -4.46. The summed E-state index contributed by atoms with van der Waals surface area (Å²) in [5.74, 6) is 0. The molecule has 1 aromatic carbocycles. The minimum Gasteiger partial charge on any atom is -0.369 e. The predicted molar refractivity (Wildman–Crippen MR) is 64.1 cm³/mol. The van der Waals surface area contributed by atoms with Crippen LogP contribution in [0.25, 0.3) is 0 Å². The third-order valence-electron chi connectivity index (χ3n) is 3.43. The third kappa shape index (κ3) is 2.07. The van der Waals surface area contributed by atoms with Crippen molar-refractivity contribution in [1.29, 1.82) is 0 Å². The Morgan fingerprint density at radius 1 is 1.16 bits per heavy atom. The molecular weight excluding hydrogens is 257 g/mol. The van der Waals surface area contributed by atoms with Crippen LogP contribution in [0.4, 0.5) is 18.9 Å². The van der Waals surface area contributed by atoms with Gasteiger partial charge < -0.3 is 10.2 Å². The summed E-state index contributed by atoms with van der Waals surface area (Å²) >= 11 is 0. The predicted octanol–water partition coefficient (Wildman–Crippen LogP) is 2.28. The van der Waals surface area contributed by atoms with Crippen LogP contribution in [0.5, 0.6) is 0 Å². The third-order valence-corrected chi connectivity index (χ3v) is 3.43.